The molecular formula is C57H55BBr2ClLiN5O8S. The second kappa shape index (κ2) is 30.1. The molecule has 0 saturated carbocycles. The predicted molar refractivity (Wildman–Crippen MR) is 320 cm³/mol. The van der Waals surface area contributed by atoms with Gasteiger partial charge in [-0.2, -0.15) is 0 Å². The normalized spacial score (nSPS) is 9.82. The zero-order valence-electron chi connectivity index (χ0n) is 39.5. The molecule has 76 heavy (non-hydrogen) atoms. The van der Waals surface area contributed by atoms with Gasteiger partial charge in [-0.05, 0) is 109 Å². The molecule has 1 radical (unpaired) electrons. The molecule has 19 heteroatoms. The zero-order chi connectivity index (χ0) is 50.8. The number of hydrogen-bond acceptors (Lipinski definition) is 10. The Kier molecular flexibility index (Phi) is 25.8. The Balaban J connectivity index is 0.000000327. The molecule has 12 aromatic rings. The number of para-hydroxylation sites is 2. The Bertz CT molecular complexity index is 3920. The van der Waals surface area contributed by atoms with Gasteiger partial charge in [-0.1, -0.05) is 90.5 Å². The maximum absolute atomic E-state index is 10.9. The molecule has 0 aliphatic carbocycles. The van der Waals surface area contributed by atoms with E-state index < -0.39 is 0 Å². The molecule has 387 valence electrons. The minimum atomic E-state index is -0.361. The van der Waals surface area contributed by atoms with Gasteiger partial charge in [0.1, 0.15) is 23.0 Å². The number of phenolic OH excluding ortho intramolecular Hbond substituents is 2. The molecule has 0 aliphatic heterocycles. The molecule has 4 aromatic heterocycles. The van der Waals surface area contributed by atoms with Crippen molar-refractivity contribution < 1.29 is 58.4 Å². The predicted octanol–water partition coefficient (Wildman–Crippen LogP) is 13.8. The molecule has 0 bridgehead atoms. The summed E-state index contributed by atoms with van der Waals surface area (Å²) >= 11 is 14.7. The first-order valence-corrected chi connectivity index (χ1v) is 23.8. The van der Waals surface area contributed by atoms with Crippen molar-refractivity contribution in [2.75, 3.05) is 0 Å². The van der Waals surface area contributed by atoms with Gasteiger partial charge in [-0.3, -0.25) is 14.4 Å². The van der Waals surface area contributed by atoms with Crippen LogP contribution in [-0.4, -0.2) is 60.4 Å². The van der Waals surface area contributed by atoms with Crippen LogP contribution in [0.3, 0.4) is 0 Å². The van der Waals surface area contributed by atoms with E-state index in [2.05, 4.69) is 112 Å². The summed E-state index contributed by atoms with van der Waals surface area (Å²) in [6.07, 6.45) is 0. The van der Waals surface area contributed by atoms with E-state index >= 15 is 0 Å². The number of benzene rings is 8. The van der Waals surface area contributed by atoms with Crippen LogP contribution in [0.25, 0.3) is 87.2 Å². The van der Waals surface area contributed by atoms with Crippen LogP contribution in [0.1, 0.15) is 43.1 Å². The van der Waals surface area contributed by atoms with E-state index in [9.17, 15) is 24.6 Å². The summed E-state index contributed by atoms with van der Waals surface area (Å²) in [7, 11) is 4.34. The molecule has 0 atom stereocenters. The number of nitrogens with zero attached hydrogens (tertiary/aromatic N) is 1. The number of carbonyl (C=O) groups excluding carboxylic acids is 3. The van der Waals surface area contributed by atoms with Crippen molar-refractivity contribution in [3.05, 3.63) is 167 Å². The summed E-state index contributed by atoms with van der Waals surface area (Å²) < 4.78 is 14.9. The number of thiol groups is 1. The van der Waals surface area contributed by atoms with Crippen molar-refractivity contribution in [2.24, 2.45) is 4.30 Å². The molecule has 13 nitrogen and oxygen atoms in total. The number of ether oxygens (including phenoxy) is 2. The van der Waals surface area contributed by atoms with Crippen LogP contribution < -0.4 is 28.3 Å². The van der Waals surface area contributed by atoms with Crippen LogP contribution in [0, 0.1) is 0 Å². The van der Waals surface area contributed by atoms with Crippen LogP contribution in [0.15, 0.2) is 171 Å². The Hall–Kier alpha value is -6.81. The number of esters is 2. The number of H-pyrrole nitrogens is 4. The van der Waals surface area contributed by atoms with E-state index in [-0.39, 0.29) is 69.5 Å². The fourth-order valence-corrected chi connectivity index (χ4v) is 8.58. The SMILES string of the molecule is C.C.C.CC(=O)Cl.CC(=O)Oc1ccc2c(c1)[nH]c1ccc(Br)cc12.CC(=O)Oc1ccc2c(c1)[nH]c1ccccc12.Oc1ccc2c(c1)[nH]c1ccc(Br)cc12.Oc1ccc2c(c1)[nH]c1ccccc12.[B]=NS.[Li+].[OH-]. The zero-order valence-corrected chi connectivity index (χ0v) is 44.3. The minimum Gasteiger partial charge on any atom is -0.870 e. The molecule has 0 fully saturated rings. The Morgan fingerprint density at radius 3 is 1.09 bits per heavy atom. The van der Waals surface area contributed by atoms with E-state index in [0.29, 0.717) is 17.2 Å². The smallest absolute Gasteiger partial charge is 0.870 e. The fraction of sp³-hybridized carbons (Fsp3) is 0.105. The number of aromatic amines is 4. The van der Waals surface area contributed by atoms with Crippen LogP contribution in [0.4, 0.5) is 0 Å². The monoisotopic (exact) mass is 1180 g/mol. The third-order valence-electron chi connectivity index (χ3n) is 10.6. The molecule has 7 N–H and O–H groups in total. The van der Waals surface area contributed by atoms with E-state index in [1.807, 2.05) is 103 Å². The topological polar surface area (TPSA) is 216 Å². The molecule has 0 unspecified atom stereocenters. The Morgan fingerprint density at radius 2 is 0.750 bits per heavy atom. The van der Waals surface area contributed by atoms with Gasteiger partial charge in [0, 0.05) is 119 Å². The van der Waals surface area contributed by atoms with Crippen LogP contribution >= 0.6 is 56.3 Å². The summed E-state index contributed by atoms with van der Waals surface area (Å²) in [5.41, 5.74) is 8.21. The number of hydrogen-bond donors (Lipinski definition) is 7. The van der Waals surface area contributed by atoms with E-state index in [1.165, 1.54) is 36.9 Å². The number of nitrogens with one attached hydrogen (secondary N) is 4. The number of phenols is 2. The molecule has 4 heterocycles. The molecule has 12 rings (SSSR count). The summed E-state index contributed by atoms with van der Waals surface area (Å²) in [6.45, 7) is 4.09. The molecular weight excluding hydrogens is 1130 g/mol. The summed E-state index contributed by atoms with van der Waals surface area (Å²) in [5.74, 6) is 1.09. The number of carbonyl (C=O) groups is 3. The molecule has 0 saturated heterocycles. The largest absolute Gasteiger partial charge is 1.00 e. The van der Waals surface area contributed by atoms with Crippen molar-refractivity contribution in [1.82, 2.24) is 19.9 Å². The van der Waals surface area contributed by atoms with Gasteiger partial charge in [-0.15, -0.1) is 0 Å². The van der Waals surface area contributed by atoms with Crippen molar-refractivity contribution in [1.29, 1.82) is 0 Å². The molecule has 0 spiro atoms. The average molecular weight is 1180 g/mol. The second-order valence-electron chi connectivity index (χ2n) is 15.6. The Morgan fingerprint density at radius 1 is 0.474 bits per heavy atom. The van der Waals surface area contributed by atoms with E-state index in [0.717, 1.165) is 80.0 Å². The Labute approximate surface area is 480 Å². The van der Waals surface area contributed by atoms with Gasteiger partial charge in [0.15, 0.2) is 0 Å². The van der Waals surface area contributed by atoms with Gasteiger partial charge in [-0.25, -0.2) is 0 Å². The number of aromatic nitrogens is 4. The van der Waals surface area contributed by atoms with Crippen LogP contribution in [0.5, 0.6) is 23.0 Å². The second-order valence-corrected chi connectivity index (χ2v) is 18.2. The average Bonchev–Trinajstić information content (AvgIpc) is 4.08. The number of aromatic hydroxyl groups is 2. The van der Waals surface area contributed by atoms with Crippen molar-refractivity contribution >= 4 is 168 Å². The van der Waals surface area contributed by atoms with Crippen LogP contribution in [-0.2, 0) is 14.4 Å². The summed E-state index contributed by atoms with van der Waals surface area (Å²) in [4.78, 5) is 44.2. The molecule has 0 aliphatic rings. The van der Waals surface area contributed by atoms with Crippen LogP contribution in [0.2, 0.25) is 0 Å². The van der Waals surface area contributed by atoms with Gasteiger partial charge < -0.3 is 45.1 Å². The van der Waals surface area contributed by atoms with Gasteiger partial charge >= 0.3 is 55.6 Å². The van der Waals surface area contributed by atoms with E-state index in [4.69, 9.17) is 9.47 Å². The third kappa shape index (κ3) is 16.6. The van der Waals surface area contributed by atoms with Crippen molar-refractivity contribution in [3.63, 3.8) is 0 Å². The quantitative estimate of drug-likeness (QED) is 0.0290. The van der Waals surface area contributed by atoms with Gasteiger partial charge in [0.2, 0.25) is 5.24 Å². The molecule has 8 aromatic carbocycles. The van der Waals surface area contributed by atoms with Gasteiger partial charge in [0.25, 0.3) is 0 Å². The third-order valence-corrected chi connectivity index (χ3v) is 11.6. The fourth-order valence-electron chi connectivity index (χ4n) is 7.85. The number of rotatable bonds is 2. The minimum absolute atomic E-state index is 0. The first-order chi connectivity index (χ1) is 34.1. The maximum atomic E-state index is 10.9. The standard InChI is InChI=1S/C14H10BrNO2.C14H11NO2.C12H8BrNO.C12H9NO.C2H3ClO.3CH4.BHNS.Li.H2O/c1-8(17)18-10-3-4-11-12-6-9(15)2-5-13(12)16-14(11)7-10;1-9(16)17-10-6-7-12-11-4-2-3-5-13(11)15-14(12)8-10;13-7-1-4-11-10(5-7)9-3-2-8(15)6-12(9)14-11;14-8-5-6-10-9-3-1-2-4-11(9)13-12(10)7-8;1-2(3)4;;;;1-2-3;;/h2-7,16H,1H3;2-8,15H,1H3;1-6,14-15H;1-7,13-14H;1H3;3*1H4;3H;;1H2/q;;;;;;;;;+1;/p-1. The number of fused-ring (bicyclic) bond motifs is 12. The van der Waals surface area contributed by atoms with E-state index in [1.54, 1.807) is 30.3 Å². The van der Waals surface area contributed by atoms with Crippen molar-refractivity contribution in [2.45, 2.75) is 43.1 Å². The van der Waals surface area contributed by atoms with Gasteiger partial charge in [0.05, 0.1) is 22.1 Å². The summed E-state index contributed by atoms with van der Waals surface area (Å²) in [6, 6.07) is 50.4. The van der Waals surface area contributed by atoms with Crippen molar-refractivity contribution in [3.8, 4) is 23.0 Å². The molecule has 0 amide bonds. The first kappa shape index (κ1) is 65.3. The maximum Gasteiger partial charge on any atom is 1.00 e. The summed E-state index contributed by atoms with van der Waals surface area (Å²) in [5, 5.41) is 27.6. The first-order valence-electron chi connectivity index (χ1n) is 21.5. The number of halogens is 3.